The zero-order chi connectivity index (χ0) is 9.52. The van der Waals surface area contributed by atoms with Crippen LogP contribution >= 0.6 is 22.9 Å². The molecule has 3 heteroatoms. The molecule has 0 aliphatic carbocycles. The SMILES string of the molecule is CCNCCCCc1sccc1Cl. The van der Waals surface area contributed by atoms with Crippen molar-refractivity contribution in [3.63, 3.8) is 0 Å². The average Bonchev–Trinajstić information content (AvgIpc) is 2.52. The first kappa shape index (κ1) is 11.0. The van der Waals surface area contributed by atoms with Crippen LogP contribution in [0, 0.1) is 0 Å². The maximum Gasteiger partial charge on any atom is 0.0544 e. The molecule has 74 valence electrons. The summed E-state index contributed by atoms with van der Waals surface area (Å²) in [6, 6.07) is 1.98. The van der Waals surface area contributed by atoms with E-state index < -0.39 is 0 Å². The van der Waals surface area contributed by atoms with Gasteiger partial charge in [0, 0.05) is 4.88 Å². The van der Waals surface area contributed by atoms with Crippen LogP contribution in [0.15, 0.2) is 11.4 Å². The monoisotopic (exact) mass is 217 g/mol. The molecule has 0 aliphatic rings. The predicted molar refractivity (Wildman–Crippen MR) is 60.8 cm³/mol. The second-order valence-corrected chi connectivity index (χ2v) is 4.41. The molecule has 1 aromatic rings. The summed E-state index contributed by atoms with van der Waals surface area (Å²) in [6.07, 6.45) is 3.59. The summed E-state index contributed by atoms with van der Waals surface area (Å²) >= 11 is 7.74. The lowest BCUT2D eigenvalue weighted by molar-refractivity contribution is 0.643. The molecular formula is C10H16ClNS. The normalized spacial score (nSPS) is 10.6. The van der Waals surface area contributed by atoms with E-state index in [0.717, 1.165) is 24.5 Å². The minimum atomic E-state index is 0.938. The van der Waals surface area contributed by atoms with E-state index in [2.05, 4.69) is 17.6 Å². The largest absolute Gasteiger partial charge is 0.317 e. The predicted octanol–water partition coefficient (Wildman–Crippen LogP) is 3.33. The third-order valence-electron chi connectivity index (χ3n) is 1.95. The van der Waals surface area contributed by atoms with Crippen LogP contribution in [0.25, 0.3) is 0 Å². The highest BCUT2D eigenvalue weighted by atomic mass is 35.5. The van der Waals surface area contributed by atoms with Gasteiger partial charge in [0.25, 0.3) is 0 Å². The highest BCUT2D eigenvalue weighted by Gasteiger charge is 2.00. The van der Waals surface area contributed by atoms with Crippen LogP contribution in [0.1, 0.15) is 24.6 Å². The highest BCUT2D eigenvalue weighted by Crippen LogP contribution is 2.23. The zero-order valence-corrected chi connectivity index (χ0v) is 9.55. The molecule has 0 atom stereocenters. The van der Waals surface area contributed by atoms with Crippen molar-refractivity contribution >= 4 is 22.9 Å². The maximum atomic E-state index is 5.97. The summed E-state index contributed by atoms with van der Waals surface area (Å²) in [4.78, 5) is 1.33. The summed E-state index contributed by atoms with van der Waals surface area (Å²) < 4.78 is 0. The third-order valence-corrected chi connectivity index (χ3v) is 3.40. The Kier molecular flexibility index (Phi) is 5.44. The van der Waals surface area contributed by atoms with E-state index in [4.69, 9.17) is 11.6 Å². The molecule has 0 radical (unpaired) electrons. The van der Waals surface area contributed by atoms with Crippen LogP contribution < -0.4 is 5.32 Å². The minimum absolute atomic E-state index is 0.938. The molecule has 1 nitrogen and oxygen atoms in total. The second kappa shape index (κ2) is 6.41. The Bertz CT molecular complexity index is 235. The van der Waals surface area contributed by atoms with Gasteiger partial charge < -0.3 is 5.32 Å². The van der Waals surface area contributed by atoms with Crippen LogP contribution in [0.3, 0.4) is 0 Å². The van der Waals surface area contributed by atoms with Crippen LogP contribution in [0.2, 0.25) is 5.02 Å². The van der Waals surface area contributed by atoms with Crippen molar-refractivity contribution in [1.29, 1.82) is 0 Å². The number of unbranched alkanes of at least 4 members (excludes halogenated alkanes) is 1. The standard InChI is InChI=1S/C10H16ClNS/c1-2-12-7-4-3-5-10-9(11)6-8-13-10/h6,8,12H,2-5,7H2,1H3. The van der Waals surface area contributed by atoms with Gasteiger partial charge in [0.1, 0.15) is 0 Å². The van der Waals surface area contributed by atoms with E-state index in [-0.39, 0.29) is 0 Å². The Labute approximate surface area is 89.1 Å². The van der Waals surface area contributed by atoms with Crippen LogP contribution in [-0.2, 0) is 6.42 Å². The van der Waals surface area contributed by atoms with Gasteiger partial charge in [-0.25, -0.2) is 0 Å². The zero-order valence-electron chi connectivity index (χ0n) is 7.98. The summed E-state index contributed by atoms with van der Waals surface area (Å²) in [7, 11) is 0. The molecule has 1 rings (SSSR count). The first-order valence-electron chi connectivity index (χ1n) is 4.77. The smallest absolute Gasteiger partial charge is 0.0544 e. The van der Waals surface area contributed by atoms with E-state index in [0.29, 0.717) is 0 Å². The number of hydrogen-bond acceptors (Lipinski definition) is 2. The molecule has 0 aromatic carbocycles. The van der Waals surface area contributed by atoms with Crippen LogP contribution in [-0.4, -0.2) is 13.1 Å². The molecule has 0 saturated carbocycles. The van der Waals surface area contributed by atoms with Gasteiger partial charge in [-0.2, -0.15) is 0 Å². The minimum Gasteiger partial charge on any atom is -0.317 e. The van der Waals surface area contributed by atoms with Crippen LogP contribution in [0.4, 0.5) is 0 Å². The number of halogens is 1. The molecule has 0 amide bonds. The van der Waals surface area contributed by atoms with E-state index >= 15 is 0 Å². The Morgan fingerprint density at radius 1 is 1.46 bits per heavy atom. The topological polar surface area (TPSA) is 12.0 Å². The lowest BCUT2D eigenvalue weighted by Crippen LogP contribution is -2.13. The van der Waals surface area contributed by atoms with Crippen molar-refractivity contribution in [3.05, 3.63) is 21.3 Å². The molecule has 0 saturated heterocycles. The fraction of sp³-hybridized carbons (Fsp3) is 0.600. The van der Waals surface area contributed by atoms with Gasteiger partial charge in [0.15, 0.2) is 0 Å². The van der Waals surface area contributed by atoms with Gasteiger partial charge in [0.05, 0.1) is 5.02 Å². The first-order valence-corrected chi connectivity index (χ1v) is 6.03. The number of thiophene rings is 1. The van der Waals surface area contributed by atoms with Gasteiger partial charge in [-0.1, -0.05) is 18.5 Å². The van der Waals surface area contributed by atoms with Crippen molar-refractivity contribution in [1.82, 2.24) is 5.32 Å². The first-order chi connectivity index (χ1) is 6.34. The van der Waals surface area contributed by atoms with Crippen LogP contribution in [0.5, 0.6) is 0 Å². The summed E-state index contributed by atoms with van der Waals surface area (Å²) in [6.45, 7) is 4.33. The summed E-state index contributed by atoms with van der Waals surface area (Å²) in [5.41, 5.74) is 0. The Balaban J connectivity index is 2.10. The van der Waals surface area contributed by atoms with Crippen molar-refractivity contribution in [3.8, 4) is 0 Å². The molecule has 0 fully saturated rings. The van der Waals surface area contributed by atoms with E-state index in [1.165, 1.54) is 17.7 Å². The lowest BCUT2D eigenvalue weighted by atomic mass is 10.2. The van der Waals surface area contributed by atoms with Crippen molar-refractivity contribution in [2.45, 2.75) is 26.2 Å². The number of rotatable bonds is 6. The molecule has 1 N–H and O–H groups in total. The van der Waals surface area contributed by atoms with E-state index in [9.17, 15) is 0 Å². The fourth-order valence-corrected chi connectivity index (χ4v) is 2.39. The molecular weight excluding hydrogens is 202 g/mol. The molecule has 0 aliphatic heterocycles. The highest BCUT2D eigenvalue weighted by molar-refractivity contribution is 7.10. The van der Waals surface area contributed by atoms with Gasteiger partial charge in [0.2, 0.25) is 0 Å². The fourth-order valence-electron chi connectivity index (χ4n) is 1.22. The summed E-state index contributed by atoms with van der Waals surface area (Å²) in [5, 5.41) is 6.31. The van der Waals surface area contributed by atoms with E-state index in [1.807, 2.05) is 6.07 Å². The third kappa shape index (κ3) is 4.12. The molecule has 0 unspecified atom stereocenters. The van der Waals surface area contributed by atoms with Crippen molar-refractivity contribution < 1.29 is 0 Å². The Hall–Kier alpha value is -0.0500. The molecule has 0 spiro atoms. The van der Waals surface area contributed by atoms with Gasteiger partial charge in [-0.05, 0) is 43.8 Å². The number of nitrogens with one attached hydrogen (secondary N) is 1. The number of aryl methyl sites for hydroxylation is 1. The van der Waals surface area contributed by atoms with E-state index in [1.54, 1.807) is 11.3 Å². The Morgan fingerprint density at radius 2 is 2.31 bits per heavy atom. The van der Waals surface area contributed by atoms with Gasteiger partial charge in [-0.3, -0.25) is 0 Å². The quantitative estimate of drug-likeness (QED) is 0.721. The van der Waals surface area contributed by atoms with Crippen molar-refractivity contribution in [2.24, 2.45) is 0 Å². The average molecular weight is 218 g/mol. The van der Waals surface area contributed by atoms with Gasteiger partial charge >= 0.3 is 0 Å². The molecule has 1 aromatic heterocycles. The maximum absolute atomic E-state index is 5.97. The molecule has 13 heavy (non-hydrogen) atoms. The molecule has 0 bridgehead atoms. The van der Waals surface area contributed by atoms with Gasteiger partial charge in [-0.15, -0.1) is 11.3 Å². The van der Waals surface area contributed by atoms with Crippen molar-refractivity contribution in [2.75, 3.05) is 13.1 Å². The second-order valence-electron chi connectivity index (χ2n) is 3.00. The number of hydrogen-bond donors (Lipinski definition) is 1. The Morgan fingerprint density at radius 3 is 2.92 bits per heavy atom. The molecule has 1 heterocycles. The lowest BCUT2D eigenvalue weighted by Gasteiger charge is -2.00. The summed E-state index contributed by atoms with van der Waals surface area (Å²) in [5.74, 6) is 0.